The molecule has 2 aliphatic heterocycles. The lowest BCUT2D eigenvalue weighted by Crippen LogP contribution is -2.52. The van der Waals surface area contributed by atoms with Gasteiger partial charge in [-0.15, -0.1) is 11.8 Å². The van der Waals surface area contributed by atoms with Crippen LogP contribution in [0, 0.1) is 0 Å². The third kappa shape index (κ3) is 3.25. The maximum absolute atomic E-state index is 13.3. The van der Waals surface area contributed by atoms with E-state index in [1.54, 1.807) is 36.9 Å². The van der Waals surface area contributed by atoms with Crippen molar-refractivity contribution in [1.29, 1.82) is 0 Å². The van der Waals surface area contributed by atoms with Gasteiger partial charge in [-0.25, -0.2) is 0 Å². The van der Waals surface area contributed by atoms with Gasteiger partial charge in [-0.1, -0.05) is 6.07 Å². The van der Waals surface area contributed by atoms with Crippen LogP contribution < -0.4 is 14.8 Å². The Hall–Kier alpha value is -1.93. The van der Waals surface area contributed by atoms with Crippen molar-refractivity contribution in [3.05, 3.63) is 23.3 Å². The Balaban J connectivity index is 1.92. The van der Waals surface area contributed by atoms with E-state index in [1.807, 2.05) is 19.9 Å². The van der Waals surface area contributed by atoms with Crippen molar-refractivity contribution >= 4 is 23.6 Å². The van der Waals surface area contributed by atoms with Gasteiger partial charge in [-0.2, -0.15) is 0 Å². The Kier molecular flexibility index (Phi) is 5.58. The fourth-order valence-electron chi connectivity index (χ4n) is 3.78. The number of benzene rings is 1. The molecule has 0 bridgehead atoms. The summed E-state index contributed by atoms with van der Waals surface area (Å²) in [5.74, 6) is 0.599. The van der Waals surface area contributed by atoms with E-state index in [4.69, 9.17) is 14.2 Å². The summed E-state index contributed by atoms with van der Waals surface area (Å²) in [6, 6.07) is 3.13. The van der Waals surface area contributed by atoms with Crippen LogP contribution in [0.3, 0.4) is 0 Å². The van der Waals surface area contributed by atoms with E-state index in [9.17, 15) is 9.59 Å². The summed E-state index contributed by atoms with van der Waals surface area (Å²) in [6.07, 6.45) is 0.727. The lowest BCUT2D eigenvalue weighted by Gasteiger charge is -2.29. The molecule has 1 aromatic rings. The molecule has 3 rings (SSSR count). The third-order valence-electron chi connectivity index (χ3n) is 4.97. The average molecular weight is 394 g/mol. The second-order valence-electron chi connectivity index (χ2n) is 7.09. The van der Waals surface area contributed by atoms with Crippen LogP contribution in [0.2, 0.25) is 0 Å². The van der Waals surface area contributed by atoms with Gasteiger partial charge in [0.2, 0.25) is 5.91 Å². The number of thioether (sulfide) groups is 1. The van der Waals surface area contributed by atoms with Crippen molar-refractivity contribution < 1.29 is 23.8 Å². The van der Waals surface area contributed by atoms with Crippen molar-refractivity contribution in [2.45, 2.75) is 36.4 Å². The number of amides is 2. The van der Waals surface area contributed by atoms with E-state index < -0.39 is 10.8 Å². The van der Waals surface area contributed by atoms with Crippen LogP contribution >= 0.6 is 11.8 Å². The molecule has 0 aliphatic carbocycles. The molecule has 1 N–H and O–H groups in total. The number of hydrogen-bond acceptors (Lipinski definition) is 6. The largest absolute Gasteiger partial charge is 0.493 e. The number of ether oxygens (including phenoxy) is 3. The highest BCUT2D eigenvalue weighted by molar-refractivity contribution is 8.01. The second kappa shape index (κ2) is 7.59. The van der Waals surface area contributed by atoms with Gasteiger partial charge in [0.1, 0.15) is 11.4 Å². The van der Waals surface area contributed by atoms with Crippen LogP contribution in [0.1, 0.15) is 41.6 Å². The van der Waals surface area contributed by atoms with Gasteiger partial charge in [0, 0.05) is 30.6 Å². The molecule has 148 valence electrons. The molecule has 7 nitrogen and oxygen atoms in total. The fraction of sp³-hybridized carbons (Fsp3) is 0.579. The number of fused-ring (bicyclic) bond motifs is 3. The number of hydrogen-bond donors (Lipinski definition) is 1. The minimum atomic E-state index is -0.564. The molecular formula is C19H26N2O5S. The number of carbonyl (C=O) groups excluding carboxylic acids is 2. The zero-order chi connectivity index (χ0) is 19.8. The SMILES string of the molecule is COCCCNC(=O)[C@H]1N2C(=O)c3c(ccc(OC)c3OC)[C@@H]2SC1(C)C. The molecule has 2 atom stereocenters. The Morgan fingerprint density at radius 1 is 1.26 bits per heavy atom. The van der Waals surface area contributed by atoms with Crippen LogP contribution in [0.5, 0.6) is 11.5 Å². The number of methoxy groups -OCH3 is 3. The Labute approximate surface area is 163 Å². The van der Waals surface area contributed by atoms with Crippen LogP contribution in [0.15, 0.2) is 12.1 Å². The predicted molar refractivity (Wildman–Crippen MR) is 103 cm³/mol. The summed E-state index contributed by atoms with van der Waals surface area (Å²) in [5, 5.41) is 2.73. The van der Waals surface area contributed by atoms with Crippen molar-refractivity contribution in [3.63, 3.8) is 0 Å². The fourth-order valence-corrected chi connectivity index (χ4v) is 5.36. The van der Waals surface area contributed by atoms with Crippen LogP contribution in [0.25, 0.3) is 0 Å². The molecule has 1 fully saturated rings. The number of nitrogens with zero attached hydrogens (tertiary/aromatic N) is 1. The molecule has 8 heteroatoms. The predicted octanol–water partition coefficient (Wildman–Crippen LogP) is 2.20. The zero-order valence-corrected chi connectivity index (χ0v) is 17.1. The summed E-state index contributed by atoms with van der Waals surface area (Å²) in [7, 11) is 4.69. The maximum atomic E-state index is 13.3. The number of nitrogens with one attached hydrogen (secondary N) is 1. The minimum Gasteiger partial charge on any atom is -0.493 e. The van der Waals surface area contributed by atoms with Gasteiger partial charge < -0.3 is 24.4 Å². The highest BCUT2D eigenvalue weighted by Crippen LogP contribution is 2.58. The van der Waals surface area contributed by atoms with Crippen LogP contribution in [0.4, 0.5) is 0 Å². The summed E-state index contributed by atoms with van der Waals surface area (Å²) < 4.78 is 15.4. The maximum Gasteiger partial charge on any atom is 0.260 e. The Bertz CT molecular complexity index is 752. The first kappa shape index (κ1) is 19.8. The van der Waals surface area contributed by atoms with Gasteiger partial charge >= 0.3 is 0 Å². The molecule has 1 aromatic carbocycles. The molecule has 0 spiro atoms. The lowest BCUT2D eigenvalue weighted by atomic mass is 10.0. The summed E-state index contributed by atoms with van der Waals surface area (Å²) >= 11 is 1.62. The molecule has 0 saturated carbocycles. The van der Waals surface area contributed by atoms with Crippen molar-refractivity contribution in [2.75, 3.05) is 34.5 Å². The van der Waals surface area contributed by atoms with Gasteiger partial charge in [-0.3, -0.25) is 9.59 Å². The van der Waals surface area contributed by atoms with Crippen LogP contribution in [-0.2, 0) is 9.53 Å². The molecule has 2 amide bonds. The lowest BCUT2D eigenvalue weighted by molar-refractivity contribution is -0.126. The van der Waals surface area contributed by atoms with Crippen molar-refractivity contribution in [3.8, 4) is 11.5 Å². The summed E-state index contributed by atoms with van der Waals surface area (Å²) in [6.45, 7) is 5.10. The summed E-state index contributed by atoms with van der Waals surface area (Å²) in [5.41, 5.74) is 1.35. The first-order valence-corrected chi connectivity index (χ1v) is 9.77. The zero-order valence-electron chi connectivity index (χ0n) is 16.3. The molecule has 1 saturated heterocycles. The molecule has 2 aliphatic rings. The van der Waals surface area contributed by atoms with E-state index in [0.717, 1.165) is 12.0 Å². The average Bonchev–Trinajstić information content (AvgIpc) is 3.07. The van der Waals surface area contributed by atoms with E-state index in [0.29, 0.717) is 30.2 Å². The molecule has 0 radical (unpaired) electrons. The van der Waals surface area contributed by atoms with E-state index in [2.05, 4.69) is 5.32 Å². The van der Waals surface area contributed by atoms with E-state index >= 15 is 0 Å². The monoisotopic (exact) mass is 394 g/mol. The molecule has 27 heavy (non-hydrogen) atoms. The Morgan fingerprint density at radius 2 is 2.00 bits per heavy atom. The first-order chi connectivity index (χ1) is 12.9. The number of rotatable bonds is 7. The third-order valence-corrected chi connectivity index (χ3v) is 6.50. The second-order valence-corrected chi connectivity index (χ2v) is 8.83. The van der Waals surface area contributed by atoms with Gasteiger partial charge in [0.05, 0.1) is 19.8 Å². The first-order valence-electron chi connectivity index (χ1n) is 8.89. The smallest absolute Gasteiger partial charge is 0.260 e. The standard InChI is InChI=1S/C19H26N2O5S/c1-19(2)15(16(22)20-9-6-10-24-3)21-17(23)13-11(18(21)27-19)7-8-12(25-4)14(13)26-5/h7-8,15,18H,6,9-10H2,1-5H3,(H,20,22)/t15-,18+/m1/s1. The van der Waals surface area contributed by atoms with Gasteiger partial charge in [-0.05, 0) is 26.3 Å². The van der Waals surface area contributed by atoms with Gasteiger partial charge in [0.15, 0.2) is 11.5 Å². The normalized spacial score (nSPS) is 22.4. The van der Waals surface area contributed by atoms with Crippen molar-refractivity contribution in [2.24, 2.45) is 0 Å². The highest BCUT2D eigenvalue weighted by Gasteiger charge is 2.58. The minimum absolute atomic E-state index is 0.141. The van der Waals surface area contributed by atoms with Crippen molar-refractivity contribution in [1.82, 2.24) is 10.2 Å². The number of carbonyl (C=O) groups is 2. The molecular weight excluding hydrogens is 368 g/mol. The van der Waals surface area contributed by atoms with Gasteiger partial charge in [0.25, 0.3) is 5.91 Å². The molecule has 2 heterocycles. The van der Waals surface area contributed by atoms with Crippen LogP contribution in [-0.4, -0.2) is 62.0 Å². The Morgan fingerprint density at radius 3 is 2.63 bits per heavy atom. The van der Waals surface area contributed by atoms with E-state index in [1.165, 1.54) is 7.11 Å². The highest BCUT2D eigenvalue weighted by atomic mass is 32.2. The van der Waals surface area contributed by atoms with E-state index in [-0.39, 0.29) is 17.2 Å². The summed E-state index contributed by atoms with van der Waals surface area (Å²) in [4.78, 5) is 27.9. The molecule has 0 unspecified atom stereocenters. The quantitative estimate of drug-likeness (QED) is 0.715. The molecule has 0 aromatic heterocycles. The topological polar surface area (TPSA) is 77.1 Å².